The number of phenols is 1. The monoisotopic (exact) mass is 274 g/mol. The molecule has 20 heavy (non-hydrogen) atoms. The lowest BCUT2D eigenvalue weighted by Gasteiger charge is -2.14. The summed E-state index contributed by atoms with van der Waals surface area (Å²) in [5, 5.41) is 16.4. The van der Waals surface area contributed by atoms with E-state index in [9.17, 15) is 9.90 Å². The molecule has 106 valence electrons. The molecule has 1 amide bonds. The van der Waals surface area contributed by atoms with E-state index >= 15 is 0 Å². The standard InChI is InChI=1S/C15H18N2O3/c1-9(15-10(2)17-20-11(15)3)16-14(19)8-12-6-4-5-7-13(12)18/h4-7,9,18H,8H2,1-3H3,(H,16,19). The third-order valence-corrected chi connectivity index (χ3v) is 3.24. The van der Waals surface area contributed by atoms with E-state index in [-0.39, 0.29) is 24.1 Å². The second kappa shape index (κ2) is 5.77. The third-order valence-electron chi connectivity index (χ3n) is 3.24. The normalized spacial score (nSPS) is 12.2. The van der Waals surface area contributed by atoms with E-state index in [0.717, 1.165) is 11.3 Å². The molecule has 0 saturated heterocycles. The number of aromatic nitrogens is 1. The molecule has 2 aromatic rings. The lowest BCUT2D eigenvalue weighted by atomic mass is 10.1. The van der Waals surface area contributed by atoms with E-state index in [2.05, 4.69) is 10.5 Å². The van der Waals surface area contributed by atoms with Crippen molar-refractivity contribution < 1.29 is 14.4 Å². The molecule has 1 heterocycles. The molecule has 2 rings (SSSR count). The zero-order valence-corrected chi connectivity index (χ0v) is 11.8. The average molecular weight is 274 g/mol. The first-order valence-electron chi connectivity index (χ1n) is 6.48. The van der Waals surface area contributed by atoms with E-state index in [1.54, 1.807) is 24.3 Å². The fraction of sp³-hybridized carbons (Fsp3) is 0.333. The molecule has 1 unspecified atom stereocenters. The van der Waals surface area contributed by atoms with Gasteiger partial charge in [0, 0.05) is 11.1 Å². The van der Waals surface area contributed by atoms with Gasteiger partial charge in [-0.2, -0.15) is 0 Å². The van der Waals surface area contributed by atoms with E-state index in [1.165, 1.54) is 0 Å². The fourth-order valence-corrected chi connectivity index (χ4v) is 2.31. The lowest BCUT2D eigenvalue weighted by Crippen LogP contribution is -2.28. The van der Waals surface area contributed by atoms with Gasteiger partial charge in [0.05, 0.1) is 18.2 Å². The summed E-state index contributed by atoms with van der Waals surface area (Å²) in [7, 11) is 0. The second-order valence-corrected chi connectivity index (χ2v) is 4.83. The summed E-state index contributed by atoms with van der Waals surface area (Å²) in [4.78, 5) is 12.0. The first-order valence-corrected chi connectivity index (χ1v) is 6.48. The molecule has 0 fully saturated rings. The minimum absolute atomic E-state index is 0.132. The number of aryl methyl sites for hydroxylation is 2. The Hall–Kier alpha value is -2.30. The molecule has 1 atom stereocenters. The SMILES string of the molecule is Cc1noc(C)c1C(C)NC(=O)Cc1ccccc1O. The smallest absolute Gasteiger partial charge is 0.225 e. The molecular weight excluding hydrogens is 256 g/mol. The van der Waals surface area contributed by atoms with Gasteiger partial charge in [0.25, 0.3) is 0 Å². The van der Waals surface area contributed by atoms with E-state index in [1.807, 2.05) is 20.8 Å². The number of hydrogen-bond acceptors (Lipinski definition) is 4. The van der Waals surface area contributed by atoms with Gasteiger partial charge < -0.3 is 14.9 Å². The van der Waals surface area contributed by atoms with Crippen molar-refractivity contribution in [2.75, 3.05) is 0 Å². The summed E-state index contributed by atoms with van der Waals surface area (Å²) >= 11 is 0. The number of aromatic hydroxyl groups is 1. The van der Waals surface area contributed by atoms with Gasteiger partial charge in [0.2, 0.25) is 5.91 Å². The maximum Gasteiger partial charge on any atom is 0.225 e. The zero-order valence-electron chi connectivity index (χ0n) is 11.8. The topological polar surface area (TPSA) is 75.4 Å². The number of benzene rings is 1. The maximum atomic E-state index is 12.0. The van der Waals surface area contributed by atoms with Crippen LogP contribution in [-0.4, -0.2) is 16.2 Å². The Morgan fingerprint density at radius 1 is 1.40 bits per heavy atom. The summed E-state index contributed by atoms with van der Waals surface area (Å²) in [5.41, 5.74) is 2.28. The molecular formula is C15H18N2O3. The number of hydrogen-bond donors (Lipinski definition) is 2. The van der Waals surface area contributed by atoms with Gasteiger partial charge in [-0.25, -0.2) is 0 Å². The van der Waals surface area contributed by atoms with Crippen molar-refractivity contribution in [1.29, 1.82) is 0 Å². The molecule has 0 aliphatic carbocycles. The molecule has 5 nitrogen and oxygen atoms in total. The Labute approximate surface area is 117 Å². The Morgan fingerprint density at radius 2 is 2.10 bits per heavy atom. The number of nitrogens with one attached hydrogen (secondary N) is 1. The molecule has 0 saturated carbocycles. The summed E-state index contributed by atoms with van der Waals surface area (Å²) in [6.07, 6.45) is 0.139. The van der Waals surface area contributed by atoms with Crippen molar-refractivity contribution in [3.8, 4) is 5.75 Å². The number of carbonyl (C=O) groups is 1. The van der Waals surface area contributed by atoms with E-state index in [4.69, 9.17) is 4.52 Å². The molecule has 5 heteroatoms. The number of carbonyl (C=O) groups excluding carboxylic acids is 1. The Morgan fingerprint density at radius 3 is 2.70 bits per heavy atom. The van der Waals surface area contributed by atoms with Crippen molar-refractivity contribution in [3.05, 3.63) is 46.8 Å². The minimum Gasteiger partial charge on any atom is -0.508 e. The highest BCUT2D eigenvalue weighted by Gasteiger charge is 2.18. The van der Waals surface area contributed by atoms with Crippen LogP contribution in [0.2, 0.25) is 0 Å². The molecule has 2 N–H and O–H groups in total. The quantitative estimate of drug-likeness (QED) is 0.897. The molecule has 0 radical (unpaired) electrons. The van der Waals surface area contributed by atoms with Crippen molar-refractivity contribution in [2.24, 2.45) is 0 Å². The van der Waals surface area contributed by atoms with Crippen LogP contribution in [0.1, 0.15) is 35.5 Å². The fourth-order valence-electron chi connectivity index (χ4n) is 2.31. The average Bonchev–Trinajstić information content (AvgIpc) is 2.72. The van der Waals surface area contributed by atoms with Gasteiger partial charge in [0.1, 0.15) is 11.5 Å². The highest BCUT2D eigenvalue weighted by molar-refractivity contribution is 5.79. The molecule has 1 aromatic carbocycles. The number of phenolic OH excluding ortho intramolecular Hbond substituents is 1. The van der Waals surface area contributed by atoms with Crippen LogP contribution in [0.5, 0.6) is 5.75 Å². The van der Waals surface area contributed by atoms with E-state index in [0.29, 0.717) is 11.3 Å². The third kappa shape index (κ3) is 2.99. The van der Waals surface area contributed by atoms with Crippen LogP contribution < -0.4 is 5.32 Å². The predicted molar refractivity (Wildman–Crippen MR) is 74.3 cm³/mol. The zero-order chi connectivity index (χ0) is 14.7. The summed E-state index contributed by atoms with van der Waals surface area (Å²) in [6, 6.07) is 6.64. The largest absolute Gasteiger partial charge is 0.508 e. The van der Waals surface area contributed by atoms with Crippen molar-refractivity contribution in [1.82, 2.24) is 10.5 Å². The van der Waals surface area contributed by atoms with Crippen LogP contribution >= 0.6 is 0 Å². The van der Waals surface area contributed by atoms with Crippen molar-refractivity contribution >= 4 is 5.91 Å². The minimum atomic E-state index is -0.181. The van der Waals surface area contributed by atoms with Gasteiger partial charge in [-0.3, -0.25) is 4.79 Å². The Bertz CT molecular complexity index is 600. The Balaban J connectivity index is 2.04. The Kier molecular flexibility index (Phi) is 4.08. The first kappa shape index (κ1) is 14.1. The molecule has 0 aliphatic heterocycles. The number of rotatable bonds is 4. The molecule has 0 aliphatic rings. The van der Waals surface area contributed by atoms with Crippen molar-refractivity contribution in [3.63, 3.8) is 0 Å². The van der Waals surface area contributed by atoms with Crippen LogP contribution in [-0.2, 0) is 11.2 Å². The number of para-hydroxylation sites is 1. The van der Waals surface area contributed by atoms with Gasteiger partial charge in [-0.15, -0.1) is 0 Å². The van der Waals surface area contributed by atoms with Crippen LogP contribution in [0, 0.1) is 13.8 Å². The molecule has 0 bridgehead atoms. The molecule has 1 aromatic heterocycles. The number of amides is 1. The lowest BCUT2D eigenvalue weighted by molar-refractivity contribution is -0.121. The van der Waals surface area contributed by atoms with Gasteiger partial charge in [-0.05, 0) is 26.8 Å². The van der Waals surface area contributed by atoms with Crippen LogP contribution in [0.25, 0.3) is 0 Å². The summed E-state index contributed by atoms with van der Waals surface area (Å²) in [5.74, 6) is 0.685. The van der Waals surface area contributed by atoms with E-state index < -0.39 is 0 Å². The summed E-state index contributed by atoms with van der Waals surface area (Å²) in [6.45, 7) is 5.55. The van der Waals surface area contributed by atoms with Gasteiger partial charge in [-0.1, -0.05) is 23.4 Å². The predicted octanol–water partition coefficient (Wildman–Crippen LogP) is 2.42. The van der Waals surface area contributed by atoms with Crippen LogP contribution in [0.15, 0.2) is 28.8 Å². The van der Waals surface area contributed by atoms with Gasteiger partial charge in [0.15, 0.2) is 0 Å². The summed E-state index contributed by atoms with van der Waals surface area (Å²) < 4.78 is 5.09. The first-order chi connectivity index (χ1) is 9.49. The van der Waals surface area contributed by atoms with Crippen molar-refractivity contribution in [2.45, 2.75) is 33.2 Å². The van der Waals surface area contributed by atoms with Crippen LogP contribution in [0.4, 0.5) is 0 Å². The highest BCUT2D eigenvalue weighted by Crippen LogP contribution is 2.21. The molecule has 0 spiro atoms. The maximum absolute atomic E-state index is 12.0. The van der Waals surface area contributed by atoms with Crippen LogP contribution in [0.3, 0.4) is 0 Å². The number of nitrogens with zero attached hydrogens (tertiary/aromatic N) is 1. The van der Waals surface area contributed by atoms with Gasteiger partial charge >= 0.3 is 0 Å². The highest BCUT2D eigenvalue weighted by atomic mass is 16.5. The second-order valence-electron chi connectivity index (χ2n) is 4.83.